The monoisotopic (exact) mass is 314 g/mol. The summed E-state index contributed by atoms with van der Waals surface area (Å²) in [5.41, 5.74) is 0.553. The minimum absolute atomic E-state index is 0.312. The standard InChI is InChI=1S/C15H18N6O2/c22-14-16-11-15(23-14)7-4-9-20(10-8-15)13-17-18-19-21(13)12-5-2-1-3-6-12/h1-3,5-6H,4,7-11H2,(H,16,22)/t15-/m1/s1. The molecule has 4 rings (SSSR count). The van der Waals surface area contributed by atoms with Crippen LogP contribution in [0.5, 0.6) is 0 Å². The zero-order chi connectivity index (χ0) is 15.7. The molecule has 1 N–H and O–H groups in total. The van der Waals surface area contributed by atoms with Crippen LogP contribution in [0.4, 0.5) is 10.7 Å². The van der Waals surface area contributed by atoms with Gasteiger partial charge in [0.2, 0.25) is 5.95 Å². The molecule has 0 aliphatic carbocycles. The second-order valence-corrected chi connectivity index (χ2v) is 5.99. The predicted octanol–water partition coefficient (Wildman–Crippen LogP) is 1.13. The molecule has 1 aromatic carbocycles. The minimum atomic E-state index is -0.378. The fourth-order valence-electron chi connectivity index (χ4n) is 3.26. The number of carbonyl (C=O) groups is 1. The van der Waals surface area contributed by atoms with Crippen molar-refractivity contribution in [2.45, 2.75) is 24.9 Å². The molecular weight excluding hydrogens is 296 g/mol. The molecule has 1 aromatic heterocycles. The first kappa shape index (κ1) is 14.0. The molecule has 2 aliphatic heterocycles. The highest BCUT2D eigenvalue weighted by Gasteiger charge is 2.41. The van der Waals surface area contributed by atoms with E-state index in [1.54, 1.807) is 4.68 Å². The van der Waals surface area contributed by atoms with E-state index in [4.69, 9.17) is 4.74 Å². The zero-order valence-corrected chi connectivity index (χ0v) is 12.7. The molecule has 1 atom stereocenters. The van der Waals surface area contributed by atoms with E-state index in [9.17, 15) is 4.79 Å². The molecule has 2 aromatic rings. The number of tetrazole rings is 1. The number of hydrogen-bond donors (Lipinski definition) is 1. The van der Waals surface area contributed by atoms with Gasteiger partial charge in [-0.25, -0.2) is 4.79 Å². The smallest absolute Gasteiger partial charge is 0.407 e. The van der Waals surface area contributed by atoms with Crippen molar-refractivity contribution in [2.75, 3.05) is 24.5 Å². The third-order valence-corrected chi connectivity index (χ3v) is 4.50. The van der Waals surface area contributed by atoms with Gasteiger partial charge >= 0.3 is 6.09 Å². The summed E-state index contributed by atoms with van der Waals surface area (Å²) in [5, 5.41) is 14.9. The van der Waals surface area contributed by atoms with Crippen molar-refractivity contribution in [2.24, 2.45) is 0 Å². The molecule has 2 fully saturated rings. The lowest BCUT2D eigenvalue weighted by Gasteiger charge is -2.25. The van der Waals surface area contributed by atoms with Gasteiger partial charge in [-0.3, -0.25) is 0 Å². The number of rotatable bonds is 2. The zero-order valence-electron chi connectivity index (χ0n) is 12.7. The Kier molecular flexibility index (Phi) is 3.36. The second-order valence-electron chi connectivity index (χ2n) is 5.99. The van der Waals surface area contributed by atoms with E-state index < -0.39 is 0 Å². The van der Waals surface area contributed by atoms with Gasteiger partial charge in [0.05, 0.1) is 12.2 Å². The molecule has 0 unspecified atom stereocenters. The summed E-state index contributed by atoms with van der Waals surface area (Å²) in [6.07, 6.45) is 2.24. The number of hydrogen-bond acceptors (Lipinski definition) is 6. The van der Waals surface area contributed by atoms with Crippen LogP contribution in [0.25, 0.3) is 5.69 Å². The lowest BCUT2D eigenvalue weighted by molar-refractivity contribution is 0.0473. The number of alkyl carbamates (subject to hydrolysis) is 1. The van der Waals surface area contributed by atoms with E-state index >= 15 is 0 Å². The molecule has 0 saturated carbocycles. The first-order valence-electron chi connectivity index (χ1n) is 7.81. The molecule has 0 bridgehead atoms. The molecule has 0 radical (unpaired) electrons. The molecule has 1 amide bonds. The van der Waals surface area contributed by atoms with E-state index in [1.165, 1.54) is 0 Å². The van der Waals surface area contributed by atoms with Gasteiger partial charge in [0, 0.05) is 19.5 Å². The number of ether oxygens (including phenoxy) is 1. The van der Waals surface area contributed by atoms with E-state index in [2.05, 4.69) is 25.7 Å². The van der Waals surface area contributed by atoms with Crippen LogP contribution in [0.3, 0.4) is 0 Å². The Morgan fingerprint density at radius 2 is 2.04 bits per heavy atom. The van der Waals surface area contributed by atoms with Gasteiger partial charge in [0.1, 0.15) is 5.60 Å². The number of nitrogens with zero attached hydrogens (tertiary/aromatic N) is 5. The topological polar surface area (TPSA) is 85.2 Å². The first-order valence-corrected chi connectivity index (χ1v) is 7.81. The van der Waals surface area contributed by atoms with Crippen molar-refractivity contribution in [3.05, 3.63) is 30.3 Å². The average Bonchev–Trinajstić information content (AvgIpc) is 3.14. The van der Waals surface area contributed by atoms with Gasteiger partial charge in [0.25, 0.3) is 0 Å². The van der Waals surface area contributed by atoms with Gasteiger partial charge in [-0.2, -0.15) is 4.68 Å². The molecule has 2 aliphatic rings. The van der Waals surface area contributed by atoms with Gasteiger partial charge in [-0.15, -0.1) is 0 Å². The van der Waals surface area contributed by atoms with Crippen molar-refractivity contribution in [1.82, 2.24) is 25.5 Å². The predicted molar refractivity (Wildman–Crippen MR) is 82.4 cm³/mol. The second kappa shape index (κ2) is 5.53. The van der Waals surface area contributed by atoms with Crippen molar-refractivity contribution in [1.29, 1.82) is 0 Å². The average molecular weight is 314 g/mol. The summed E-state index contributed by atoms with van der Waals surface area (Å²) in [7, 11) is 0. The van der Waals surface area contributed by atoms with Gasteiger partial charge in [-0.05, 0) is 35.4 Å². The molecule has 2 saturated heterocycles. The lowest BCUT2D eigenvalue weighted by atomic mass is 9.95. The molecule has 8 heteroatoms. The number of anilines is 1. The number of para-hydroxylation sites is 1. The van der Waals surface area contributed by atoms with Crippen LogP contribution in [0, 0.1) is 0 Å². The summed E-state index contributed by atoms with van der Waals surface area (Å²) in [5.74, 6) is 0.727. The highest BCUT2D eigenvalue weighted by Crippen LogP contribution is 2.30. The third kappa shape index (κ3) is 2.60. The van der Waals surface area contributed by atoms with Crippen molar-refractivity contribution >= 4 is 12.0 Å². The Labute approximate surface area is 133 Å². The SMILES string of the molecule is O=C1NC[C@]2(CCCN(c3nnnn3-c3ccccc3)CC2)O1. The van der Waals surface area contributed by atoms with Crippen LogP contribution in [0.15, 0.2) is 30.3 Å². The molecule has 3 heterocycles. The van der Waals surface area contributed by atoms with Crippen molar-refractivity contribution in [3.63, 3.8) is 0 Å². The molecule has 120 valence electrons. The Bertz CT molecular complexity index is 703. The Morgan fingerprint density at radius 3 is 2.83 bits per heavy atom. The van der Waals surface area contributed by atoms with Crippen LogP contribution < -0.4 is 10.2 Å². The summed E-state index contributed by atoms with van der Waals surface area (Å²) in [4.78, 5) is 13.6. The maximum atomic E-state index is 11.4. The van der Waals surface area contributed by atoms with E-state index in [0.717, 1.165) is 44.0 Å². The lowest BCUT2D eigenvalue weighted by Crippen LogP contribution is -2.35. The summed E-state index contributed by atoms with van der Waals surface area (Å²) in [6.45, 7) is 2.18. The Hall–Kier alpha value is -2.64. The highest BCUT2D eigenvalue weighted by molar-refractivity contribution is 5.70. The van der Waals surface area contributed by atoms with Crippen LogP contribution in [0.2, 0.25) is 0 Å². The Balaban J connectivity index is 1.56. The number of benzene rings is 1. The number of aromatic nitrogens is 4. The highest BCUT2D eigenvalue weighted by atomic mass is 16.6. The van der Waals surface area contributed by atoms with Crippen molar-refractivity contribution < 1.29 is 9.53 Å². The maximum absolute atomic E-state index is 11.4. The fourth-order valence-corrected chi connectivity index (χ4v) is 3.26. The minimum Gasteiger partial charge on any atom is -0.441 e. The molecule has 1 spiro atoms. The van der Waals surface area contributed by atoms with Crippen LogP contribution >= 0.6 is 0 Å². The van der Waals surface area contributed by atoms with E-state index in [-0.39, 0.29) is 11.7 Å². The number of amides is 1. The normalized spacial score (nSPS) is 24.3. The van der Waals surface area contributed by atoms with Crippen LogP contribution in [-0.4, -0.2) is 51.5 Å². The maximum Gasteiger partial charge on any atom is 0.407 e. The van der Waals surface area contributed by atoms with Crippen molar-refractivity contribution in [3.8, 4) is 5.69 Å². The van der Waals surface area contributed by atoms with Crippen LogP contribution in [0.1, 0.15) is 19.3 Å². The molecule has 8 nitrogen and oxygen atoms in total. The number of carbonyl (C=O) groups excluding carboxylic acids is 1. The van der Waals surface area contributed by atoms with Gasteiger partial charge < -0.3 is 15.0 Å². The summed E-state index contributed by atoms with van der Waals surface area (Å²) < 4.78 is 7.26. The molecular formula is C15H18N6O2. The van der Waals surface area contributed by atoms with E-state index in [0.29, 0.717) is 6.54 Å². The largest absolute Gasteiger partial charge is 0.441 e. The quantitative estimate of drug-likeness (QED) is 0.894. The fraction of sp³-hybridized carbons (Fsp3) is 0.467. The van der Waals surface area contributed by atoms with Gasteiger partial charge in [-0.1, -0.05) is 23.3 Å². The number of nitrogens with one attached hydrogen (secondary N) is 1. The summed E-state index contributed by atoms with van der Waals surface area (Å²) in [6, 6.07) is 9.83. The van der Waals surface area contributed by atoms with Gasteiger partial charge in [0.15, 0.2) is 0 Å². The van der Waals surface area contributed by atoms with Crippen LogP contribution in [-0.2, 0) is 4.74 Å². The summed E-state index contributed by atoms with van der Waals surface area (Å²) >= 11 is 0. The first-order chi connectivity index (χ1) is 11.3. The van der Waals surface area contributed by atoms with E-state index in [1.807, 2.05) is 30.3 Å². The third-order valence-electron chi connectivity index (χ3n) is 4.50. The Morgan fingerprint density at radius 1 is 1.17 bits per heavy atom. The molecule has 23 heavy (non-hydrogen) atoms.